The first kappa shape index (κ1) is 13.5. The molecule has 0 aliphatic heterocycles. The van der Waals surface area contributed by atoms with Gasteiger partial charge in [0.15, 0.2) is 0 Å². The maximum atomic E-state index is 8.95. The molecule has 0 aromatic rings. The summed E-state index contributed by atoms with van der Waals surface area (Å²) in [4.78, 5) is 0. The maximum Gasteiger partial charge on any atom is 0.452 e. The summed E-state index contributed by atoms with van der Waals surface area (Å²) in [5.74, 6) is 1.06. The third-order valence-corrected chi connectivity index (χ3v) is 3.79. The van der Waals surface area contributed by atoms with Crippen LogP contribution in [0.25, 0.3) is 0 Å². The van der Waals surface area contributed by atoms with Crippen LogP contribution in [-0.2, 0) is 0 Å². The summed E-state index contributed by atoms with van der Waals surface area (Å²) < 4.78 is 0. The van der Waals surface area contributed by atoms with E-state index in [0.29, 0.717) is 5.92 Å². The van der Waals surface area contributed by atoms with E-state index < -0.39 is 7.12 Å². The first-order chi connectivity index (χ1) is 7.63. The Morgan fingerprint density at radius 2 is 1.94 bits per heavy atom. The van der Waals surface area contributed by atoms with Gasteiger partial charge in [0.1, 0.15) is 0 Å². The predicted octanol–water partition coefficient (Wildman–Crippen LogP) is 2.21. The third kappa shape index (κ3) is 4.55. The fraction of sp³-hybridized carbons (Fsp3) is 0.917. The van der Waals surface area contributed by atoms with Crippen molar-refractivity contribution in [3.63, 3.8) is 0 Å². The second-order valence-electron chi connectivity index (χ2n) is 5.15. The summed E-state index contributed by atoms with van der Waals surface area (Å²) in [5.41, 5.74) is 0. The minimum absolute atomic E-state index is 0.188. The van der Waals surface area contributed by atoms with Crippen molar-refractivity contribution < 1.29 is 10.0 Å². The smallest absolute Gasteiger partial charge is 0.427 e. The Labute approximate surface area is 98.6 Å². The van der Waals surface area contributed by atoms with Crippen LogP contribution in [-0.4, -0.2) is 17.2 Å². The lowest BCUT2D eigenvalue weighted by atomic mass is 9.72. The van der Waals surface area contributed by atoms with Gasteiger partial charge in [-0.2, -0.15) is 5.26 Å². The fourth-order valence-corrected chi connectivity index (χ4v) is 2.80. The van der Waals surface area contributed by atoms with E-state index in [0.717, 1.165) is 12.3 Å². The van der Waals surface area contributed by atoms with E-state index in [1.54, 1.807) is 0 Å². The van der Waals surface area contributed by atoms with Gasteiger partial charge >= 0.3 is 7.12 Å². The molecule has 2 unspecified atom stereocenters. The minimum atomic E-state index is -1.34. The van der Waals surface area contributed by atoms with Gasteiger partial charge in [-0.05, 0) is 24.6 Å². The zero-order valence-corrected chi connectivity index (χ0v) is 10.1. The van der Waals surface area contributed by atoms with Gasteiger partial charge in [0.25, 0.3) is 0 Å². The zero-order valence-electron chi connectivity index (χ0n) is 10.1. The van der Waals surface area contributed by atoms with Gasteiger partial charge in [-0.25, -0.2) is 0 Å². The van der Waals surface area contributed by atoms with Crippen molar-refractivity contribution in [3.05, 3.63) is 0 Å². The molecule has 4 heteroatoms. The summed E-state index contributed by atoms with van der Waals surface area (Å²) in [6, 6.07) is 2.18. The molecule has 1 rings (SSSR count). The fourth-order valence-electron chi connectivity index (χ4n) is 2.80. The van der Waals surface area contributed by atoms with E-state index in [1.165, 1.54) is 32.1 Å². The van der Waals surface area contributed by atoms with Crippen LogP contribution in [0.15, 0.2) is 0 Å². The van der Waals surface area contributed by atoms with Gasteiger partial charge in [0, 0.05) is 5.92 Å². The molecular formula is C12H22BNO2. The standard InChI is InChI=1S/C12H22BNO2/c1-10(12-5-3-2-4-6-12)7-11(9-14)8-13(15)16/h10-12,15-16H,2-8H2,1H3. The van der Waals surface area contributed by atoms with E-state index in [1.807, 2.05) is 0 Å². The number of nitriles is 1. The van der Waals surface area contributed by atoms with Gasteiger partial charge in [-0.3, -0.25) is 0 Å². The van der Waals surface area contributed by atoms with Crippen LogP contribution < -0.4 is 0 Å². The monoisotopic (exact) mass is 223 g/mol. The Balaban J connectivity index is 2.35. The second-order valence-corrected chi connectivity index (χ2v) is 5.15. The van der Waals surface area contributed by atoms with Crippen molar-refractivity contribution in [2.75, 3.05) is 0 Å². The predicted molar refractivity (Wildman–Crippen MR) is 64.5 cm³/mol. The second kappa shape index (κ2) is 6.93. The zero-order chi connectivity index (χ0) is 12.0. The highest BCUT2D eigenvalue weighted by molar-refractivity contribution is 6.41. The van der Waals surface area contributed by atoms with E-state index in [9.17, 15) is 0 Å². The molecule has 0 aromatic heterocycles. The molecule has 0 saturated heterocycles. The summed E-state index contributed by atoms with van der Waals surface area (Å²) in [5, 5.41) is 26.7. The topological polar surface area (TPSA) is 64.2 Å². The molecule has 0 heterocycles. The van der Waals surface area contributed by atoms with Crippen molar-refractivity contribution >= 4 is 7.12 Å². The highest BCUT2D eigenvalue weighted by Gasteiger charge is 2.25. The van der Waals surface area contributed by atoms with Crippen LogP contribution in [0.4, 0.5) is 0 Å². The lowest BCUT2D eigenvalue weighted by Gasteiger charge is -2.28. The summed E-state index contributed by atoms with van der Waals surface area (Å²) in [6.07, 6.45) is 7.53. The Bertz CT molecular complexity index is 234. The molecule has 0 amide bonds. The first-order valence-electron chi connectivity index (χ1n) is 6.39. The average Bonchev–Trinajstić information content (AvgIpc) is 2.28. The SMILES string of the molecule is CC(CC(C#N)CB(O)O)C1CCCCC1. The summed E-state index contributed by atoms with van der Waals surface area (Å²) in [6.45, 7) is 2.20. The van der Waals surface area contributed by atoms with E-state index in [2.05, 4.69) is 13.0 Å². The van der Waals surface area contributed by atoms with Gasteiger partial charge in [0.05, 0.1) is 6.07 Å². The molecule has 1 fully saturated rings. The van der Waals surface area contributed by atoms with Crippen LogP contribution in [0.5, 0.6) is 0 Å². The number of hydrogen-bond donors (Lipinski definition) is 2. The quantitative estimate of drug-likeness (QED) is 0.702. The third-order valence-electron chi connectivity index (χ3n) is 3.79. The van der Waals surface area contributed by atoms with Crippen molar-refractivity contribution in [3.8, 4) is 6.07 Å². The lowest BCUT2D eigenvalue weighted by Crippen LogP contribution is -2.21. The Kier molecular flexibility index (Phi) is 5.86. The minimum Gasteiger partial charge on any atom is -0.427 e. The van der Waals surface area contributed by atoms with Gasteiger partial charge in [0.2, 0.25) is 0 Å². The lowest BCUT2D eigenvalue weighted by molar-refractivity contribution is 0.238. The van der Waals surface area contributed by atoms with Crippen molar-refractivity contribution in [1.29, 1.82) is 5.26 Å². The van der Waals surface area contributed by atoms with Crippen LogP contribution in [0.2, 0.25) is 6.32 Å². The molecule has 1 aliphatic carbocycles. The van der Waals surface area contributed by atoms with E-state index in [4.69, 9.17) is 15.3 Å². The Hall–Kier alpha value is -0.525. The Morgan fingerprint density at radius 3 is 2.44 bits per heavy atom. The number of rotatable bonds is 5. The molecule has 2 atom stereocenters. The first-order valence-corrected chi connectivity index (χ1v) is 6.39. The van der Waals surface area contributed by atoms with Gasteiger partial charge < -0.3 is 10.0 Å². The molecule has 16 heavy (non-hydrogen) atoms. The largest absolute Gasteiger partial charge is 0.452 e. The Morgan fingerprint density at radius 1 is 1.31 bits per heavy atom. The summed E-state index contributed by atoms with van der Waals surface area (Å²) >= 11 is 0. The molecule has 1 aliphatic rings. The molecule has 0 bridgehead atoms. The molecule has 3 nitrogen and oxygen atoms in total. The summed E-state index contributed by atoms with van der Waals surface area (Å²) in [7, 11) is -1.34. The van der Waals surface area contributed by atoms with Crippen molar-refractivity contribution in [1.82, 2.24) is 0 Å². The van der Waals surface area contributed by atoms with Crippen LogP contribution >= 0.6 is 0 Å². The number of nitrogens with zero attached hydrogens (tertiary/aromatic N) is 1. The van der Waals surface area contributed by atoms with Gasteiger partial charge in [-0.15, -0.1) is 0 Å². The van der Waals surface area contributed by atoms with Crippen LogP contribution in [0.3, 0.4) is 0 Å². The van der Waals surface area contributed by atoms with E-state index in [-0.39, 0.29) is 12.2 Å². The van der Waals surface area contributed by atoms with E-state index >= 15 is 0 Å². The molecule has 0 aromatic carbocycles. The van der Waals surface area contributed by atoms with Crippen LogP contribution in [0.1, 0.15) is 45.4 Å². The molecule has 1 saturated carbocycles. The molecule has 2 N–H and O–H groups in total. The van der Waals surface area contributed by atoms with Gasteiger partial charge in [-0.1, -0.05) is 39.0 Å². The maximum absolute atomic E-state index is 8.95. The molecule has 0 radical (unpaired) electrons. The van der Waals surface area contributed by atoms with Crippen molar-refractivity contribution in [2.45, 2.75) is 51.8 Å². The highest BCUT2D eigenvalue weighted by Crippen LogP contribution is 2.33. The number of hydrogen-bond acceptors (Lipinski definition) is 3. The molecule has 90 valence electrons. The van der Waals surface area contributed by atoms with Crippen LogP contribution in [0, 0.1) is 29.1 Å². The normalized spacial score (nSPS) is 21.1. The average molecular weight is 223 g/mol. The highest BCUT2D eigenvalue weighted by atomic mass is 16.4. The molecule has 0 spiro atoms. The molecular weight excluding hydrogens is 201 g/mol. The van der Waals surface area contributed by atoms with Crippen molar-refractivity contribution in [2.24, 2.45) is 17.8 Å².